The summed E-state index contributed by atoms with van der Waals surface area (Å²) in [7, 11) is 1.57. The van der Waals surface area contributed by atoms with Gasteiger partial charge in [-0.15, -0.1) is 0 Å². The van der Waals surface area contributed by atoms with E-state index >= 15 is 0 Å². The van der Waals surface area contributed by atoms with E-state index in [1.165, 1.54) is 6.08 Å². The molecule has 0 bridgehead atoms. The topological polar surface area (TPSA) is 67.4 Å². The second kappa shape index (κ2) is 7.97. The van der Waals surface area contributed by atoms with Gasteiger partial charge < -0.3 is 4.74 Å². The Morgan fingerprint density at radius 2 is 1.79 bits per heavy atom. The van der Waals surface area contributed by atoms with Crippen LogP contribution in [0.5, 0.6) is 5.75 Å². The highest BCUT2D eigenvalue weighted by Crippen LogP contribution is 2.18. The smallest absolute Gasteiger partial charge is 0.269 e. The first-order chi connectivity index (χ1) is 11.5. The maximum absolute atomic E-state index is 12.1. The fourth-order valence-corrected chi connectivity index (χ4v) is 2.27. The fourth-order valence-electron chi connectivity index (χ4n) is 2.27. The van der Waals surface area contributed by atoms with E-state index < -0.39 is 5.91 Å². The minimum Gasteiger partial charge on any atom is -0.496 e. The van der Waals surface area contributed by atoms with Crippen molar-refractivity contribution in [3.8, 4) is 5.75 Å². The summed E-state index contributed by atoms with van der Waals surface area (Å²) in [5.41, 5.74) is 7.99. The number of hydrogen-bond donors (Lipinski definition) is 2. The number of benzene rings is 2. The normalized spacial score (nSPS) is 10.5. The summed E-state index contributed by atoms with van der Waals surface area (Å²) in [6, 6.07) is 12.8. The van der Waals surface area contributed by atoms with Gasteiger partial charge >= 0.3 is 0 Å². The maximum Gasteiger partial charge on any atom is 0.269 e. The van der Waals surface area contributed by atoms with Crippen molar-refractivity contribution < 1.29 is 14.3 Å². The summed E-state index contributed by atoms with van der Waals surface area (Å²) < 4.78 is 5.20. The van der Waals surface area contributed by atoms with Crippen LogP contribution in [0.4, 0.5) is 0 Å². The van der Waals surface area contributed by atoms with Crippen LogP contribution in [0, 0.1) is 13.8 Å². The van der Waals surface area contributed by atoms with E-state index in [0.29, 0.717) is 11.3 Å². The van der Waals surface area contributed by atoms with E-state index in [-0.39, 0.29) is 5.91 Å². The molecule has 0 fully saturated rings. The van der Waals surface area contributed by atoms with Crippen LogP contribution < -0.4 is 15.6 Å². The second-order valence-corrected chi connectivity index (χ2v) is 5.34. The van der Waals surface area contributed by atoms with Crippen molar-refractivity contribution in [2.24, 2.45) is 0 Å². The van der Waals surface area contributed by atoms with E-state index in [0.717, 1.165) is 16.7 Å². The summed E-state index contributed by atoms with van der Waals surface area (Å²) in [4.78, 5) is 23.9. The minimum atomic E-state index is -0.431. The van der Waals surface area contributed by atoms with Crippen molar-refractivity contribution in [3.05, 3.63) is 70.8 Å². The molecule has 0 atom stereocenters. The van der Waals surface area contributed by atoms with Crippen molar-refractivity contribution in [1.29, 1.82) is 0 Å². The first kappa shape index (κ1) is 17.3. The average molecular weight is 324 g/mol. The Morgan fingerprint density at radius 1 is 1.04 bits per heavy atom. The molecule has 5 nitrogen and oxygen atoms in total. The zero-order chi connectivity index (χ0) is 17.5. The van der Waals surface area contributed by atoms with Crippen LogP contribution in [0.25, 0.3) is 6.08 Å². The zero-order valence-corrected chi connectivity index (χ0v) is 13.9. The Kier molecular flexibility index (Phi) is 5.73. The van der Waals surface area contributed by atoms with Gasteiger partial charge in [-0.25, -0.2) is 0 Å². The number of para-hydroxylation sites is 1. The van der Waals surface area contributed by atoms with Crippen LogP contribution >= 0.6 is 0 Å². The predicted octanol–water partition coefficient (Wildman–Crippen LogP) is 2.79. The van der Waals surface area contributed by atoms with Gasteiger partial charge in [-0.2, -0.15) is 0 Å². The van der Waals surface area contributed by atoms with E-state index in [1.54, 1.807) is 25.3 Å². The summed E-state index contributed by atoms with van der Waals surface area (Å²) in [5.74, 6) is -0.119. The predicted molar refractivity (Wildman–Crippen MR) is 93.6 cm³/mol. The van der Waals surface area contributed by atoms with Crippen LogP contribution in [-0.2, 0) is 4.79 Å². The van der Waals surface area contributed by atoms with E-state index in [9.17, 15) is 9.59 Å². The number of rotatable bonds is 4. The third-order valence-corrected chi connectivity index (χ3v) is 3.48. The number of hydrogen-bond acceptors (Lipinski definition) is 3. The molecule has 2 amide bonds. The molecule has 2 N–H and O–H groups in total. The standard InChI is InChI=1S/C19H20N2O3/c1-13-8-10-16(14(2)12-13)19(23)21-20-18(22)11-9-15-6-4-5-7-17(15)24-3/h4-12H,1-3H3,(H,20,22)(H,21,23)/b11-9+. The first-order valence-electron chi connectivity index (χ1n) is 7.50. The molecule has 2 rings (SSSR count). The number of ether oxygens (including phenoxy) is 1. The van der Waals surface area contributed by atoms with E-state index in [4.69, 9.17) is 4.74 Å². The van der Waals surface area contributed by atoms with Crippen LogP contribution in [-0.4, -0.2) is 18.9 Å². The number of amides is 2. The summed E-state index contributed by atoms with van der Waals surface area (Å²) in [6.07, 6.45) is 2.96. The Balaban J connectivity index is 1.95. The SMILES string of the molecule is COc1ccccc1/C=C/C(=O)NNC(=O)c1ccc(C)cc1C. The molecule has 24 heavy (non-hydrogen) atoms. The first-order valence-corrected chi connectivity index (χ1v) is 7.50. The molecular weight excluding hydrogens is 304 g/mol. The molecule has 0 aliphatic heterocycles. The van der Waals surface area contributed by atoms with Gasteiger partial charge in [0, 0.05) is 17.2 Å². The van der Waals surface area contributed by atoms with Gasteiger partial charge in [0.1, 0.15) is 5.75 Å². The monoisotopic (exact) mass is 324 g/mol. The van der Waals surface area contributed by atoms with Gasteiger partial charge in [0.15, 0.2) is 0 Å². The molecule has 0 saturated carbocycles. The summed E-state index contributed by atoms with van der Waals surface area (Å²) in [5, 5.41) is 0. The highest BCUT2D eigenvalue weighted by Gasteiger charge is 2.09. The minimum absolute atomic E-state index is 0.355. The molecule has 124 valence electrons. The molecule has 0 spiro atoms. The van der Waals surface area contributed by atoms with E-state index in [2.05, 4.69) is 10.9 Å². The number of carbonyl (C=O) groups is 2. The largest absolute Gasteiger partial charge is 0.496 e. The molecule has 0 aliphatic carbocycles. The zero-order valence-electron chi connectivity index (χ0n) is 13.9. The van der Waals surface area contributed by atoms with Gasteiger partial charge in [-0.3, -0.25) is 20.4 Å². The van der Waals surface area contributed by atoms with Gasteiger partial charge in [-0.1, -0.05) is 35.9 Å². The Bertz CT molecular complexity index is 782. The molecule has 2 aromatic carbocycles. The molecule has 2 aromatic rings. The number of methoxy groups -OCH3 is 1. The number of hydrazine groups is 1. The quantitative estimate of drug-likeness (QED) is 0.671. The van der Waals surface area contributed by atoms with Crippen LogP contribution in [0.15, 0.2) is 48.5 Å². The molecular formula is C19H20N2O3. The summed E-state index contributed by atoms with van der Waals surface area (Å²) in [6.45, 7) is 3.81. The van der Waals surface area contributed by atoms with Gasteiger partial charge in [0.05, 0.1) is 7.11 Å². The van der Waals surface area contributed by atoms with Crippen molar-refractivity contribution in [2.75, 3.05) is 7.11 Å². The molecule has 0 aromatic heterocycles. The van der Waals surface area contributed by atoms with Crippen molar-refractivity contribution in [2.45, 2.75) is 13.8 Å². The molecule has 0 radical (unpaired) electrons. The van der Waals surface area contributed by atoms with Crippen LogP contribution in [0.1, 0.15) is 27.0 Å². The lowest BCUT2D eigenvalue weighted by molar-refractivity contribution is -0.117. The van der Waals surface area contributed by atoms with Gasteiger partial charge in [0.2, 0.25) is 0 Å². The second-order valence-electron chi connectivity index (χ2n) is 5.34. The lowest BCUT2D eigenvalue weighted by Gasteiger charge is -2.08. The molecule has 5 heteroatoms. The Labute approximate surface area is 141 Å². The number of nitrogens with one attached hydrogen (secondary N) is 2. The highest BCUT2D eigenvalue weighted by molar-refractivity contribution is 5.98. The number of carbonyl (C=O) groups excluding carboxylic acids is 2. The number of aryl methyl sites for hydroxylation is 2. The highest BCUT2D eigenvalue weighted by atomic mass is 16.5. The molecule has 0 saturated heterocycles. The Hall–Kier alpha value is -3.08. The van der Waals surface area contributed by atoms with Gasteiger partial charge in [0.25, 0.3) is 11.8 Å². The van der Waals surface area contributed by atoms with Gasteiger partial charge in [-0.05, 0) is 37.6 Å². The lowest BCUT2D eigenvalue weighted by Crippen LogP contribution is -2.41. The fraction of sp³-hybridized carbons (Fsp3) is 0.158. The average Bonchev–Trinajstić information content (AvgIpc) is 2.58. The maximum atomic E-state index is 12.1. The third-order valence-electron chi connectivity index (χ3n) is 3.48. The molecule has 0 unspecified atom stereocenters. The van der Waals surface area contributed by atoms with Crippen LogP contribution in [0.3, 0.4) is 0 Å². The third kappa shape index (κ3) is 4.46. The van der Waals surface area contributed by atoms with Crippen molar-refractivity contribution >= 4 is 17.9 Å². The van der Waals surface area contributed by atoms with Crippen LogP contribution in [0.2, 0.25) is 0 Å². The van der Waals surface area contributed by atoms with E-state index in [1.807, 2.05) is 44.2 Å². The Morgan fingerprint density at radius 3 is 2.50 bits per heavy atom. The summed E-state index contributed by atoms with van der Waals surface area (Å²) >= 11 is 0. The molecule has 0 heterocycles. The van der Waals surface area contributed by atoms with Crippen molar-refractivity contribution in [3.63, 3.8) is 0 Å². The van der Waals surface area contributed by atoms with Crippen molar-refractivity contribution in [1.82, 2.24) is 10.9 Å². The lowest BCUT2D eigenvalue weighted by atomic mass is 10.1. The molecule has 0 aliphatic rings.